The molecular formula is C38H48Cl2N8O6. The van der Waals surface area contributed by atoms with Crippen molar-refractivity contribution in [2.75, 3.05) is 0 Å². The van der Waals surface area contributed by atoms with Crippen molar-refractivity contribution in [2.45, 2.75) is 165 Å². The highest BCUT2D eigenvalue weighted by Crippen LogP contribution is 2.39. The van der Waals surface area contributed by atoms with E-state index in [2.05, 4.69) is 20.5 Å². The number of halogens is 2. The van der Waals surface area contributed by atoms with Crippen molar-refractivity contribution >= 4 is 70.3 Å². The van der Waals surface area contributed by atoms with E-state index in [-0.39, 0.29) is 45.6 Å². The highest BCUT2D eigenvalue weighted by atomic mass is 35.5. The fourth-order valence-electron chi connectivity index (χ4n) is 9.17. The van der Waals surface area contributed by atoms with Gasteiger partial charge in [-0.05, 0) is 63.5 Å². The highest BCUT2D eigenvalue weighted by Gasteiger charge is 2.52. The Morgan fingerprint density at radius 3 is 0.889 bits per heavy atom. The molecule has 0 radical (unpaired) electrons. The first-order chi connectivity index (χ1) is 26.2. The SMILES string of the molecule is O=C1C(/N=N/c2cc(Cl)c(/N=N/C3C(=O)N(C4CCCCC4)C(=O)N(C4CCCCC4)C3=O)cc2Cl)C(=O)N(C2CCCCC2)C(=O)N1C1CCCCC1. The fraction of sp³-hybridized carbons (Fsp3) is 0.684. The van der Waals surface area contributed by atoms with Gasteiger partial charge in [0.15, 0.2) is 0 Å². The van der Waals surface area contributed by atoms with Crippen LogP contribution in [-0.2, 0) is 19.2 Å². The van der Waals surface area contributed by atoms with Crippen molar-refractivity contribution in [2.24, 2.45) is 20.5 Å². The van der Waals surface area contributed by atoms with Gasteiger partial charge in [0.1, 0.15) is 11.4 Å². The minimum atomic E-state index is -1.55. The summed E-state index contributed by atoms with van der Waals surface area (Å²) in [7, 11) is 0. The maximum absolute atomic E-state index is 13.8. The Morgan fingerprint density at radius 2 is 0.648 bits per heavy atom. The van der Waals surface area contributed by atoms with Crippen LogP contribution in [0.4, 0.5) is 21.0 Å². The van der Waals surface area contributed by atoms with Crippen LogP contribution in [0.2, 0.25) is 10.0 Å². The number of carbonyl (C=O) groups is 6. The summed E-state index contributed by atoms with van der Waals surface area (Å²) in [5, 5.41) is 16.8. The van der Waals surface area contributed by atoms with Gasteiger partial charge < -0.3 is 0 Å². The van der Waals surface area contributed by atoms with E-state index in [1.807, 2.05) is 0 Å². The van der Waals surface area contributed by atoms with E-state index in [0.29, 0.717) is 51.4 Å². The zero-order valence-electron chi connectivity index (χ0n) is 30.5. The number of imide groups is 4. The molecule has 0 aromatic heterocycles. The number of amides is 8. The van der Waals surface area contributed by atoms with E-state index in [1.54, 1.807) is 0 Å². The van der Waals surface area contributed by atoms with Gasteiger partial charge in [0.2, 0.25) is 12.1 Å². The van der Waals surface area contributed by atoms with E-state index in [4.69, 9.17) is 23.2 Å². The summed E-state index contributed by atoms with van der Waals surface area (Å²) >= 11 is 13.2. The van der Waals surface area contributed by atoms with Gasteiger partial charge in [-0.25, -0.2) is 9.59 Å². The molecule has 290 valence electrons. The molecule has 4 saturated carbocycles. The molecule has 0 N–H and O–H groups in total. The maximum atomic E-state index is 13.8. The number of hydrogen-bond acceptors (Lipinski definition) is 10. The molecule has 7 rings (SSSR count). The first-order valence-corrected chi connectivity index (χ1v) is 20.6. The van der Waals surface area contributed by atoms with Crippen molar-refractivity contribution in [1.29, 1.82) is 0 Å². The Morgan fingerprint density at radius 1 is 0.407 bits per heavy atom. The number of carbonyl (C=O) groups excluding carboxylic acids is 6. The Kier molecular flexibility index (Phi) is 12.1. The molecule has 0 spiro atoms. The summed E-state index contributed by atoms with van der Waals surface area (Å²) in [6.07, 6.45) is 16.7. The molecular weight excluding hydrogens is 735 g/mol. The van der Waals surface area contributed by atoms with E-state index in [9.17, 15) is 28.8 Å². The molecule has 6 aliphatic rings. The van der Waals surface area contributed by atoms with Crippen LogP contribution in [0.5, 0.6) is 0 Å². The molecule has 2 heterocycles. The Bertz CT molecular complexity index is 1510. The normalized spacial score (nSPS) is 24.7. The van der Waals surface area contributed by atoms with E-state index >= 15 is 0 Å². The molecule has 4 aliphatic carbocycles. The summed E-state index contributed by atoms with van der Waals surface area (Å²) in [5.74, 6) is -2.76. The number of barbiturate groups is 2. The van der Waals surface area contributed by atoms with E-state index in [0.717, 1.165) is 77.0 Å². The van der Waals surface area contributed by atoms with Crippen LogP contribution in [0.15, 0.2) is 32.6 Å². The highest BCUT2D eigenvalue weighted by molar-refractivity contribution is 6.36. The minimum Gasteiger partial charge on any atom is -0.271 e. The number of benzene rings is 1. The molecule has 16 heteroatoms. The number of azo groups is 2. The summed E-state index contributed by atoms with van der Waals surface area (Å²) in [6, 6.07) is -2.74. The molecule has 0 atom stereocenters. The molecule has 8 amide bonds. The lowest BCUT2D eigenvalue weighted by atomic mass is 9.91. The van der Waals surface area contributed by atoms with Gasteiger partial charge in [-0.1, -0.05) is 100 Å². The van der Waals surface area contributed by atoms with Crippen LogP contribution in [0, 0.1) is 0 Å². The molecule has 14 nitrogen and oxygen atoms in total. The molecule has 0 bridgehead atoms. The van der Waals surface area contributed by atoms with Crippen molar-refractivity contribution in [3.63, 3.8) is 0 Å². The monoisotopic (exact) mass is 782 g/mol. The topological polar surface area (TPSA) is 165 Å². The van der Waals surface area contributed by atoms with Crippen LogP contribution in [-0.4, -0.2) is 91.5 Å². The van der Waals surface area contributed by atoms with Crippen LogP contribution in [0.3, 0.4) is 0 Å². The third-order valence-corrected chi connectivity index (χ3v) is 12.7. The second-order valence-corrected chi connectivity index (χ2v) is 16.4. The van der Waals surface area contributed by atoms with Crippen molar-refractivity contribution in [3.8, 4) is 0 Å². The van der Waals surface area contributed by atoms with Crippen molar-refractivity contribution in [1.82, 2.24) is 19.6 Å². The minimum absolute atomic E-state index is 0.0151. The molecule has 1 aromatic carbocycles. The largest absolute Gasteiger partial charge is 0.334 e. The second-order valence-electron chi connectivity index (χ2n) is 15.6. The predicted molar refractivity (Wildman–Crippen MR) is 199 cm³/mol. The van der Waals surface area contributed by atoms with Gasteiger partial charge in [-0.2, -0.15) is 20.5 Å². The predicted octanol–water partition coefficient (Wildman–Crippen LogP) is 8.81. The zero-order chi connectivity index (χ0) is 37.9. The Hall–Kier alpha value is -3.78. The summed E-state index contributed by atoms with van der Waals surface area (Å²) in [6.45, 7) is 0. The number of rotatable bonds is 8. The lowest BCUT2D eigenvalue weighted by Gasteiger charge is -2.44. The van der Waals surface area contributed by atoms with Crippen LogP contribution in [0.1, 0.15) is 128 Å². The summed E-state index contributed by atoms with van der Waals surface area (Å²) in [4.78, 5) is 87.6. The van der Waals surface area contributed by atoms with Crippen molar-refractivity contribution < 1.29 is 28.8 Å². The molecule has 6 fully saturated rings. The first-order valence-electron chi connectivity index (χ1n) is 19.9. The zero-order valence-corrected chi connectivity index (χ0v) is 32.1. The molecule has 2 saturated heterocycles. The lowest BCUT2D eigenvalue weighted by Crippen LogP contribution is -2.66. The Labute approximate surface area is 325 Å². The third-order valence-electron chi connectivity index (χ3n) is 12.0. The second kappa shape index (κ2) is 16.9. The first kappa shape index (κ1) is 38.5. The van der Waals surface area contributed by atoms with E-state index in [1.165, 1.54) is 31.7 Å². The van der Waals surface area contributed by atoms with Crippen molar-refractivity contribution in [3.05, 3.63) is 22.2 Å². The van der Waals surface area contributed by atoms with Crippen LogP contribution in [0.25, 0.3) is 0 Å². The quantitative estimate of drug-likeness (QED) is 0.189. The molecule has 2 aliphatic heterocycles. The number of nitrogens with zero attached hydrogens (tertiary/aromatic N) is 8. The van der Waals surface area contributed by atoms with Gasteiger partial charge in [0.25, 0.3) is 23.6 Å². The summed E-state index contributed by atoms with van der Waals surface area (Å²) in [5.41, 5.74) is 0.0998. The molecule has 54 heavy (non-hydrogen) atoms. The molecule has 0 unspecified atom stereocenters. The number of hydrogen-bond donors (Lipinski definition) is 0. The lowest BCUT2D eigenvalue weighted by molar-refractivity contribution is -0.150. The van der Waals surface area contributed by atoms with Gasteiger partial charge >= 0.3 is 12.1 Å². The average Bonchev–Trinajstić information content (AvgIpc) is 3.18. The van der Waals surface area contributed by atoms with Gasteiger partial charge in [0, 0.05) is 24.2 Å². The standard InChI is InChI=1S/C38H48Cl2N8O6/c39-27-22-30(42-44-32-35(51)47(25-17-9-3-10-18-25)38(54)48(36(32)52)26-19-11-4-12-20-26)28(40)21-29(27)41-43-31-33(49)45(23-13-5-1-6-14-23)37(53)46(34(31)50)24-15-7-2-8-16-24/h21-26,31-32H,1-20H2/b43-41+,44-42+. The fourth-order valence-corrected chi connectivity index (χ4v) is 9.56. The Balaban J connectivity index is 1.13. The van der Waals surface area contributed by atoms with E-state index < -0.39 is 47.8 Å². The smallest absolute Gasteiger partial charge is 0.271 e. The number of urea groups is 2. The maximum Gasteiger partial charge on any atom is 0.334 e. The van der Waals surface area contributed by atoms with Gasteiger partial charge in [-0.15, -0.1) is 0 Å². The summed E-state index contributed by atoms with van der Waals surface area (Å²) < 4.78 is 0. The third kappa shape index (κ3) is 7.69. The molecule has 1 aromatic rings. The van der Waals surface area contributed by atoms with Gasteiger partial charge in [0.05, 0.1) is 10.0 Å². The van der Waals surface area contributed by atoms with Crippen LogP contribution >= 0.6 is 23.2 Å². The van der Waals surface area contributed by atoms with Crippen LogP contribution < -0.4 is 0 Å². The van der Waals surface area contributed by atoms with Gasteiger partial charge in [-0.3, -0.25) is 38.8 Å². The average molecular weight is 784 g/mol.